The van der Waals surface area contributed by atoms with Gasteiger partial charge in [-0.25, -0.2) is 8.42 Å². The summed E-state index contributed by atoms with van der Waals surface area (Å²) in [4.78, 5) is 13.0. The van der Waals surface area contributed by atoms with Crippen molar-refractivity contribution in [1.82, 2.24) is 4.31 Å². The SMILES string of the molecule is COc1ccc(C(C)C)cc1S(=O)(=O)N1CCC[C@@H](C(=O)Nc2cc(Cl)c(Cl)cc2Cl)C1. The molecule has 1 amide bonds. The normalized spacial score (nSPS) is 17.4. The minimum Gasteiger partial charge on any atom is -0.495 e. The molecule has 0 saturated carbocycles. The summed E-state index contributed by atoms with van der Waals surface area (Å²) in [6.45, 7) is 4.37. The van der Waals surface area contributed by atoms with Gasteiger partial charge in [-0.15, -0.1) is 0 Å². The number of halogens is 3. The fourth-order valence-electron chi connectivity index (χ4n) is 3.62. The molecule has 1 aliphatic rings. The van der Waals surface area contributed by atoms with Crippen molar-refractivity contribution in [1.29, 1.82) is 0 Å². The minimum atomic E-state index is -3.86. The van der Waals surface area contributed by atoms with Gasteiger partial charge >= 0.3 is 0 Å². The number of benzene rings is 2. The van der Waals surface area contributed by atoms with E-state index < -0.39 is 15.9 Å². The molecule has 0 aromatic heterocycles. The van der Waals surface area contributed by atoms with E-state index in [-0.39, 0.29) is 44.1 Å². The average Bonchev–Trinajstić information content (AvgIpc) is 2.76. The van der Waals surface area contributed by atoms with Gasteiger partial charge < -0.3 is 10.1 Å². The van der Waals surface area contributed by atoms with E-state index in [2.05, 4.69) is 5.32 Å². The topological polar surface area (TPSA) is 75.7 Å². The highest BCUT2D eigenvalue weighted by molar-refractivity contribution is 7.89. The molecule has 6 nitrogen and oxygen atoms in total. The minimum absolute atomic E-state index is 0.0577. The average molecular weight is 520 g/mol. The number of anilines is 1. The van der Waals surface area contributed by atoms with Crippen LogP contribution in [0.25, 0.3) is 0 Å². The number of carbonyl (C=O) groups excluding carboxylic acids is 1. The van der Waals surface area contributed by atoms with Crippen LogP contribution in [-0.4, -0.2) is 38.8 Å². The summed E-state index contributed by atoms with van der Waals surface area (Å²) in [7, 11) is -2.42. The number of sulfonamides is 1. The predicted molar refractivity (Wildman–Crippen MR) is 129 cm³/mol. The third-order valence-electron chi connectivity index (χ3n) is 5.49. The smallest absolute Gasteiger partial charge is 0.246 e. The van der Waals surface area contributed by atoms with Crippen molar-refractivity contribution in [3.05, 3.63) is 51.0 Å². The quantitative estimate of drug-likeness (QED) is 0.488. The van der Waals surface area contributed by atoms with Gasteiger partial charge in [0.25, 0.3) is 0 Å². The molecular formula is C22H25Cl3N2O4S. The van der Waals surface area contributed by atoms with Crippen molar-refractivity contribution in [2.45, 2.75) is 37.5 Å². The number of amides is 1. The Morgan fingerprint density at radius 2 is 1.81 bits per heavy atom. The van der Waals surface area contributed by atoms with Gasteiger partial charge in [0.15, 0.2) is 0 Å². The summed E-state index contributed by atoms with van der Waals surface area (Å²) >= 11 is 18.1. The van der Waals surface area contributed by atoms with Crippen LogP contribution in [0, 0.1) is 5.92 Å². The third kappa shape index (κ3) is 5.34. The number of rotatable bonds is 6. The van der Waals surface area contributed by atoms with Crippen molar-refractivity contribution in [2.24, 2.45) is 5.92 Å². The second-order valence-corrected chi connectivity index (χ2v) is 11.1. The van der Waals surface area contributed by atoms with Gasteiger partial charge in [0.1, 0.15) is 10.6 Å². The highest BCUT2D eigenvalue weighted by atomic mass is 35.5. The Morgan fingerprint density at radius 3 is 2.47 bits per heavy atom. The van der Waals surface area contributed by atoms with E-state index in [0.29, 0.717) is 25.1 Å². The lowest BCUT2D eigenvalue weighted by Crippen LogP contribution is -2.43. The Kier molecular flexibility index (Phi) is 7.99. The van der Waals surface area contributed by atoms with Crippen molar-refractivity contribution < 1.29 is 17.9 Å². The Balaban J connectivity index is 1.83. The molecule has 2 aromatic carbocycles. The maximum atomic E-state index is 13.5. The molecule has 1 fully saturated rings. The summed E-state index contributed by atoms with van der Waals surface area (Å²) in [5.41, 5.74) is 1.22. The number of hydrogen-bond acceptors (Lipinski definition) is 4. The Morgan fingerprint density at radius 1 is 1.12 bits per heavy atom. The maximum absolute atomic E-state index is 13.5. The van der Waals surface area contributed by atoms with Crippen molar-refractivity contribution in [2.75, 3.05) is 25.5 Å². The molecule has 0 radical (unpaired) electrons. The van der Waals surface area contributed by atoms with Gasteiger partial charge in [-0.1, -0.05) is 54.7 Å². The fraction of sp³-hybridized carbons (Fsp3) is 0.409. The highest BCUT2D eigenvalue weighted by Gasteiger charge is 2.35. The van der Waals surface area contributed by atoms with Crippen LogP contribution in [0.2, 0.25) is 15.1 Å². The monoisotopic (exact) mass is 518 g/mol. The molecule has 3 rings (SSSR count). The molecule has 0 bridgehead atoms. The summed E-state index contributed by atoms with van der Waals surface area (Å²) in [6.07, 6.45) is 1.11. The van der Waals surface area contributed by atoms with Gasteiger partial charge in [-0.05, 0) is 48.6 Å². The van der Waals surface area contributed by atoms with Crippen LogP contribution in [0.15, 0.2) is 35.2 Å². The molecule has 1 heterocycles. The third-order valence-corrected chi connectivity index (χ3v) is 8.42. The van der Waals surface area contributed by atoms with Gasteiger partial charge in [-0.2, -0.15) is 4.31 Å². The fourth-order valence-corrected chi connectivity index (χ4v) is 5.93. The number of nitrogens with one attached hydrogen (secondary N) is 1. The second kappa shape index (κ2) is 10.2. The van der Waals surface area contributed by atoms with Crippen LogP contribution in [0.5, 0.6) is 5.75 Å². The molecule has 2 aromatic rings. The number of ether oxygens (including phenoxy) is 1. The summed E-state index contributed by atoms with van der Waals surface area (Å²) in [6, 6.07) is 8.10. The van der Waals surface area contributed by atoms with Crippen molar-refractivity contribution in [3.63, 3.8) is 0 Å². The molecule has 1 atom stereocenters. The Bertz CT molecular complexity index is 1120. The lowest BCUT2D eigenvalue weighted by Gasteiger charge is -2.31. The summed E-state index contributed by atoms with van der Waals surface area (Å²) < 4.78 is 33.6. The lowest BCUT2D eigenvalue weighted by molar-refractivity contribution is -0.120. The molecule has 174 valence electrons. The Hall–Kier alpha value is -1.51. The largest absolute Gasteiger partial charge is 0.495 e. The van der Waals surface area contributed by atoms with Crippen LogP contribution in [0.3, 0.4) is 0 Å². The van der Waals surface area contributed by atoms with E-state index in [1.54, 1.807) is 12.1 Å². The first-order valence-electron chi connectivity index (χ1n) is 10.2. The first-order chi connectivity index (χ1) is 15.0. The number of hydrogen-bond donors (Lipinski definition) is 1. The van der Waals surface area contributed by atoms with Gasteiger partial charge in [0.05, 0.1) is 33.8 Å². The van der Waals surface area contributed by atoms with Gasteiger partial charge in [0, 0.05) is 13.1 Å². The molecule has 10 heteroatoms. The zero-order valence-electron chi connectivity index (χ0n) is 18.0. The predicted octanol–water partition coefficient (Wildman–Crippen LogP) is 5.82. The second-order valence-electron chi connectivity index (χ2n) is 8.00. The Labute approximate surface area is 203 Å². The number of carbonyl (C=O) groups is 1. The molecule has 1 saturated heterocycles. The molecule has 1 N–H and O–H groups in total. The molecule has 0 unspecified atom stereocenters. The first-order valence-corrected chi connectivity index (χ1v) is 12.8. The molecule has 0 spiro atoms. The summed E-state index contributed by atoms with van der Waals surface area (Å²) in [5.74, 6) is -0.425. The van der Waals surface area contributed by atoms with E-state index >= 15 is 0 Å². The standard InChI is InChI=1S/C22H25Cl3N2O4S/c1-13(2)14-6-7-20(31-3)21(9-14)32(29,30)27-8-4-5-15(12-27)22(28)26-19-11-17(24)16(23)10-18(19)25/h6-7,9-11,13,15H,4-5,8,12H2,1-3H3,(H,26,28)/t15-/m1/s1. The van der Waals surface area contributed by atoms with Crippen LogP contribution in [-0.2, 0) is 14.8 Å². The van der Waals surface area contributed by atoms with Gasteiger partial charge in [0.2, 0.25) is 15.9 Å². The molecular weight excluding hydrogens is 495 g/mol. The first kappa shape index (κ1) is 25.1. The maximum Gasteiger partial charge on any atom is 0.246 e. The van der Waals surface area contributed by atoms with Crippen LogP contribution in [0.1, 0.15) is 38.2 Å². The number of methoxy groups -OCH3 is 1. The van der Waals surface area contributed by atoms with E-state index in [0.717, 1.165) is 5.56 Å². The zero-order chi connectivity index (χ0) is 23.6. The van der Waals surface area contributed by atoms with E-state index in [9.17, 15) is 13.2 Å². The molecule has 1 aliphatic heterocycles. The van der Waals surface area contributed by atoms with Crippen LogP contribution in [0.4, 0.5) is 5.69 Å². The number of piperidine rings is 1. The van der Waals surface area contributed by atoms with Crippen molar-refractivity contribution >= 4 is 56.4 Å². The molecule has 32 heavy (non-hydrogen) atoms. The van der Waals surface area contributed by atoms with Crippen LogP contribution < -0.4 is 10.1 Å². The summed E-state index contributed by atoms with van der Waals surface area (Å²) in [5, 5.41) is 3.54. The van der Waals surface area contributed by atoms with E-state index in [4.69, 9.17) is 39.5 Å². The van der Waals surface area contributed by atoms with Crippen LogP contribution >= 0.6 is 34.8 Å². The van der Waals surface area contributed by atoms with E-state index in [1.165, 1.54) is 23.5 Å². The lowest BCUT2D eigenvalue weighted by atomic mass is 9.98. The van der Waals surface area contributed by atoms with Crippen molar-refractivity contribution in [3.8, 4) is 5.75 Å². The van der Waals surface area contributed by atoms with Gasteiger partial charge in [-0.3, -0.25) is 4.79 Å². The highest BCUT2D eigenvalue weighted by Crippen LogP contribution is 2.34. The number of nitrogens with zero attached hydrogens (tertiary/aromatic N) is 1. The van der Waals surface area contributed by atoms with E-state index in [1.807, 2.05) is 19.9 Å². The zero-order valence-corrected chi connectivity index (χ0v) is 21.1. The molecule has 0 aliphatic carbocycles.